The molecule has 1 fully saturated rings. The SMILES string of the molecule is C=CCN1C(=O)C(=Cc2ccc(-c3cccc([N+](=O)[O-])c3)o2)C(=O)NC1=S. The van der Waals surface area contributed by atoms with Gasteiger partial charge in [-0.25, -0.2) is 0 Å². The lowest BCUT2D eigenvalue weighted by Gasteiger charge is -2.27. The Labute approximate surface area is 158 Å². The second-order valence-corrected chi connectivity index (χ2v) is 5.92. The van der Waals surface area contributed by atoms with E-state index in [1.54, 1.807) is 24.3 Å². The van der Waals surface area contributed by atoms with Crippen molar-refractivity contribution in [3.63, 3.8) is 0 Å². The van der Waals surface area contributed by atoms with Gasteiger partial charge < -0.3 is 4.42 Å². The Hall–Kier alpha value is -3.59. The first-order valence-electron chi connectivity index (χ1n) is 7.75. The van der Waals surface area contributed by atoms with Gasteiger partial charge in [-0.15, -0.1) is 6.58 Å². The van der Waals surface area contributed by atoms with E-state index in [0.29, 0.717) is 11.3 Å². The van der Waals surface area contributed by atoms with Crippen molar-refractivity contribution in [3.05, 3.63) is 70.5 Å². The molecule has 8 nitrogen and oxygen atoms in total. The molecule has 0 unspecified atom stereocenters. The molecule has 1 aromatic heterocycles. The predicted octanol–water partition coefficient (Wildman–Crippen LogP) is 2.67. The summed E-state index contributed by atoms with van der Waals surface area (Å²) in [4.78, 5) is 36.2. The van der Waals surface area contributed by atoms with Crippen LogP contribution in [0, 0.1) is 10.1 Å². The Kier molecular flexibility index (Phi) is 4.95. The molecule has 0 spiro atoms. The highest BCUT2D eigenvalue weighted by atomic mass is 32.1. The van der Waals surface area contributed by atoms with Gasteiger partial charge in [-0.2, -0.15) is 0 Å². The number of carbonyl (C=O) groups is 2. The van der Waals surface area contributed by atoms with E-state index < -0.39 is 16.7 Å². The van der Waals surface area contributed by atoms with Crippen LogP contribution in [-0.2, 0) is 9.59 Å². The van der Waals surface area contributed by atoms with E-state index in [0.717, 1.165) is 0 Å². The molecular formula is C18H13N3O5S. The minimum absolute atomic E-state index is 0.0128. The quantitative estimate of drug-likeness (QED) is 0.212. The first kappa shape index (κ1) is 18.2. The number of nitro groups is 1. The van der Waals surface area contributed by atoms with Crippen LogP contribution in [0.1, 0.15) is 5.76 Å². The monoisotopic (exact) mass is 383 g/mol. The molecule has 2 heterocycles. The minimum atomic E-state index is -0.626. The van der Waals surface area contributed by atoms with Crippen molar-refractivity contribution >= 4 is 40.9 Å². The van der Waals surface area contributed by atoms with E-state index >= 15 is 0 Å². The first-order valence-corrected chi connectivity index (χ1v) is 8.16. The molecule has 136 valence electrons. The van der Waals surface area contributed by atoms with Gasteiger partial charge in [0.25, 0.3) is 17.5 Å². The van der Waals surface area contributed by atoms with Crippen molar-refractivity contribution < 1.29 is 18.9 Å². The molecule has 1 aliphatic rings. The Morgan fingerprint density at radius 3 is 2.78 bits per heavy atom. The zero-order valence-corrected chi connectivity index (χ0v) is 14.7. The summed E-state index contributed by atoms with van der Waals surface area (Å²) >= 11 is 4.99. The molecule has 3 rings (SSSR count). The van der Waals surface area contributed by atoms with Crippen LogP contribution in [0.2, 0.25) is 0 Å². The summed E-state index contributed by atoms with van der Waals surface area (Å²) < 4.78 is 5.62. The lowest BCUT2D eigenvalue weighted by molar-refractivity contribution is -0.384. The van der Waals surface area contributed by atoms with Gasteiger partial charge in [0.2, 0.25) is 0 Å². The summed E-state index contributed by atoms with van der Waals surface area (Å²) in [5.74, 6) is -0.565. The van der Waals surface area contributed by atoms with Gasteiger partial charge in [0, 0.05) is 24.2 Å². The van der Waals surface area contributed by atoms with Gasteiger partial charge in [0.15, 0.2) is 5.11 Å². The largest absolute Gasteiger partial charge is 0.457 e. The number of nitrogens with one attached hydrogen (secondary N) is 1. The highest BCUT2D eigenvalue weighted by molar-refractivity contribution is 7.80. The number of hydrogen-bond acceptors (Lipinski definition) is 6. The summed E-state index contributed by atoms with van der Waals surface area (Å²) in [6, 6.07) is 9.11. The van der Waals surface area contributed by atoms with Gasteiger partial charge in [0.1, 0.15) is 17.1 Å². The van der Waals surface area contributed by atoms with Gasteiger partial charge in [-0.05, 0) is 30.4 Å². The third-order valence-electron chi connectivity index (χ3n) is 3.75. The van der Waals surface area contributed by atoms with E-state index in [1.807, 2.05) is 0 Å². The number of nitrogens with zero attached hydrogens (tertiary/aromatic N) is 2. The fraction of sp³-hybridized carbons (Fsp3) is 0.0556. The highest BCUT2D eigenvalue weighted by Crippen LogP contribution is 2.27. The normalized spacial score (nSPS) is 15.8. The molecule has 1 N–H and O–H groups in total. The van der Waals surface area contributed by atoms with Crippen molar-refractivity contribution in [1.82, 2.24) is 10.2 Å². The van der Waals surface area contributed by atoms with Crippen molar-refractivity contribution in [1.29, 1.82) is 0 Å². The maximum Gasteiger partial charge on any atom is 0.270 e. The highest BCUT2D eigenvalue weighted by Gasteiger charge is 2.32. The van der Waals surface area contributed by atoms with Crippen LogP contribution >= 0.6 is 12.2 Å². The van der Waals surface area contributed by atoms with Crippen LogP contribution in [0.25, 0.3) is 17.4 Å². The molecule has 0 saturated carbocycles. The molecule has 1 aromatic carbocycles. The molecule has 0 bridgehead atoms. The number of furan rings is 1. The molecule has 0 atom stereocenters. The second kappa shape index (κ2) is 7.34. The van der Waals surface area contributed by atoms with Gasteiger partial charge >= 0.3 is 0 Å². The average Bonchev–Trinajstić information content (AvgIpc) is 3.11. The van der Waals surface area contributed by atoms with Gasteiger partial charge in [-0.3, -0.25) is 29.9 Å². The molecular weight excluding hydrogens is 370 g/mol. The third-order valence-corrected chi connectivity index (χ3v) is 4.07. The number of benzene rings is 1. The number of rotatable bonds is 5. The van der Waals surface area contributed by atoms with E-state index in [2.05, 4.69) is 11.9 Å². The summed E-state index contributed by atoms with van der Waals surface area (Å²) in [5.41, 5.74) is 0.298. The smallest absolute Gasteiger partial charge is 0.270 e. The molecule has 2 amide bonds. The number of carbonyl (C=O) groups excluding carboxylic acids is 2. The first-order chi connectivity index (χ1) is 12.9. The Balaban J connectivity index is 1.92. The van der Waals surface area contributed by atoms with Gasteiger partial charge in [-0.1, -0.05) is 18.2 Å². The molecule has 0 radical (unpaired) electrons. The molecule has 0 aliphatic carbocycles. The minimum Gasteiger partial charge on any atom is -0.457 e. The number of nitro benzene ring substituents is 1. The maximum atomic E-state index is 12.5. The fourth-order valence-corrected chi connectivity index (χ4v) is 2.74. The molecule has 9 heteroatoms. The predicted molar refractivity (Wildman–Crippen MR) is 101 cm³/mol. The number of hydrogen-bond donors (Lipinski definition) is 1. The fourth-order valence-electron chi connectivity index (χ4n) is 2.49. The number of non-ortho nitro benzene ring substituents is 1. The van der Waals surface area contributed by atoms with Gasteiger partial charge in [0.05, 0.1) is 4.92 Å². The summed E-state index contributed by atoms with van der Waals surface area (Å²) in [5, 5.41) is 13.3. The van der Waals surface area contributed by atoms with Crippen molar-refractivity contribution in [2.24, 2.45) is 0 Å². The molecule has 1 aliphatic heterocycles. The molecule has 1 saturated heterocycles. The van der Waals surface area contributed by atoms with Crippen LogP contribution < -0.4 is 5.32 Å². The van der Waals surface area contributed by atoms with Crippen LogP contribution in [0.4, 0.5) is 5.69 Å². The van der Waals surface area contributed by atoms with E-state index in [9.17, 15) is 19.7 Å². The Morgan fingerprint density at radius 1 is 1.30 bits per heavy atom. The second-order valence-electron chi connectivity index (χ2n) is 5.53. The topological polar surface area (TPSA) is 106 Å². The third kappa shape index (κ3) is 3.67. The van der Waals surface area contributed by atoms with Crippen molar-refractivity contribution in [2.45, 2.75) is 0 Å². The van der Waals surface area contributed by atoms with Crippen LogP contribution in [0.15, 0.2) is 59.0 Å². The summed E-state index contributed by atoms with van der Waals surface area (Å²) in [7, 11) is 0. The van der Waals surface area contributed by atoms with Crippen LogP contribution in [0.3, 0.4) is 0 Å². The Bertz CT molecular complexity index is 1010. The van der Waals surface area contributed by atoms with Crippen molar-refractivity contribution in [3.8, 4) is 11.3 Å². The maximum absolute atomic E-state index is 12.5. The molecule has 27 heavy (non-hydrogen) atoms. The Morgan fingerprint density at radius 2 is 2.07 bits per heavy atom. The number of amides is 2. The average molecular weight is 383 g/mol. The lowest BCUT2D eigenvalue weighted by atomic mass is 10.1. The van der Waals surface area contributed by atoms with E-state index in [-0.39, 0.29) is 28.7 Å². The lowest BCUT2D eigenvalue weighted by Crippen LogP contribution is -2.53. The van der Waals surface area contributed by atoms with E-state index in [1.165, 1.54) is 29.2 Å². The zero-order valence-electron chi connectivity index (χ0n) is 13.9. The summed E-state index contributed by atoms with van der Waals surface area (Å²) in [6.07, 6.45) is 2.79. The number of thiocarbonyl (C=S) groups is 1. The zero-order chi connectivity index (χ0) is 19.6. The standard InChI is InChI=1S/C18H13N3O5S/c1-2-8-20-17(23)14(16(22)19-18(20)27)10-13-6-7-15(26-13)11-4-3-5-12(9-11)21(24)25/h2-7,9-10H,1,8H2,(H,19,22,27). The summed E-state index contributed by atoms with van der Waals surface area (Å²) in [6.45, 7) is 3.72. The molecule has 2 aromatic rings. The van der Waals surface area contributed by atoms with Crippen LogP contribution in [0.5, 0.6) is 0 Å². The van der Waals surface area contributed by atoms with E-state index in [4.69, 9.17) is 16.6 Å². The van der Waals surface area contributed by atoms with Crippen LogP contribution in [-0.4, -0.2) is 33.3 Å². The van der Waals surface area contributed by atoms with Crippen molar-refractivity contribution in [2.75, 3.05) is 6.54 Å².